The minimum Gasteiger partial charge on any atom is -0.479 e. The molecule has 1 atom stereocenters. The SMILES string of the molecule is CC(Oc1ccc(Oc2ccc(C(F)(F)F)cc2)cc1)C(=O)OCONC1=CCCCCC1. The van der Waals surface area contributed by atoms with Crippen LogP contribution in [-0.2, 0) is 20.5 Å². The van der Waals surface area contributed by atoms with E-state index in [0.29, 0.717) is 11.5 Å². The quantitative estimate of drug-likeness (QED) is 0.208. The fourth-order valence-corrected chi connectivity index (χ4v) is 3.12. The highest BCUT2D eigenvalue weighted by Gasteiger charge is 2.30. The maximum Gasteiger partial charge on any atom is 0.416 e. The minimum absolute atomic E-state index is 0.246. The van der Waals surface area contributed by atoms with Gasteiger partial charge in [-0.05, 0) is 81.1 Å². The Bertz CT molecular complexity index is 927. The lowest BCUT2D eigenvalue weighted by molar-refractivity contribution is -0.168. The molecule has 1 aliphatic rings. The molecule has 0 saturated heterocycles. The van der Waals surface area contributed by atoms with E-state index in [-0.39, 0.29) is 12.5 Å². The molecule has 0 aliphatic heterocycles. The Labute approximate surface area is 190 Å². The summed E-state index contributed by atoms with van der Waals surface area (Å²) in [5.74, 6) is 0.491. The third-order valence-electron chi connectivity index (χ3n) is 4.89. The summed E-state index contributed by atoms with van der Waals surface area (Å²) in [5.41, 5.74) is 3.06. The molecule has 1 aliphatic carbocycles. The van der Waals surface area contributed by atoms with E-state index >= 15 is 0 Å². The lowest BCUT2D eigenvalue weighted by Crippen LogP contribution is -2.28. The van der Waals surface area contributed by atoms with E-state index in [9.17, 15) is 18.0 Å². The van der Waals surface area contributed by atoms with Gasteiger partial charge in [-0.2, -0.15) is 13.2 Å². The predicted molar refractivity (Wildman–Crippen MR) is 114 cm³/mol. The van der Waals surface area contributed by atoms with E-state index in [1.807, 2.05) is 0 Å². The van der Waals surface area contributed by atoms with Crippen LogP contribution in [0.25, 0.3) is 0 Å². The average molecular weight is 465 g/mol. The molecule has 1 unspecified atom stereocenters. The van der Waals surface area contributed by atoms with Crippen LogP contribution in [0.15, 0.2) is 60.3 Å². The van der Waals surface area contributed by atoms with Gasteiger partial charge in [0.15, 0.2) is 6.10 Å². The summed E-state index contributed by atoms with van der Waals surface area (Å²) in [6.45, 7) is 1.31. The van der Waals surface area contributed by atoms with Crippen LogP contribution in [0.3, 0.4) is 0 Å². The van der Waals surface area contributed by atoms with Crippen molar-refractivity contribution in [3.05, 3.63) is 65.9 Å². The Morgan fingerprint density at radius 1 is 0.970 bits per heavy atom. The van der Waals surface area contributed by atoms with Crippen LogP contribution < -0.4 is 15.0 Å². The van der Waals surface area contributed by atoms with Crippen molar-refractivity contribution in [3.63, 3.8) is 0 Å². The number of hydrogen-bond donors (Lipinski definition) is 1. The highest BCUT2D eigenvalue weighted by atomic mass is 19.4. The number of halogens is 3. The molecular formula is C24H26F3NO5. The van der Waals surface area contributed by atoms with Gasteiger partial charge in [0.25, 0.3) is 0 Å². The summed E-state index contributed by atoms with van der Waals surface area (Å²) in [6, 6.07) is 10.7. The number of ether oxygens (including phenoxy) is 3. The molecule has 0 fully saturated rings. The van der Waals surface area contributed by atoms with Crippen LogP contribution in [-0.4, -0.2) is 18.9 Å². The van der Waals surface area contributed by atoms with Crippen LogP contribution in [0, 0.1) is 0 Å². The summed E-state index contributed by atoms with van der Waals surface area (Å²) in [4.78, 5) is 17.3. The summed E-state index contributed by atoms with van der Waals surface area (Å²) in [5, 5.41) is 0. The summed E-state index contributed by atoms with van der Waals surface area (Å²) < 4.78 is 54.0. The topological polar surface area (TPSA) is 66.0 Å². The molecule has 2 aromatic rings. The van der Waals surface area contributed by atoms with Crippen molar-refractivity contribution in [2.24, 2.45) is 0 Å². The fraction of sp³-hybridized carbons (Fsp3) is 0.375. The molecule has 3 rings (SSSR count). The minimum atomic E-state index is -4.40. The summed E-state index contributed by atoms with van der Waals surface area (Å²) >= 11 is 0. The third kappa shape index (κ3) is 8.02. The fourth-order valence-electron chi connectivity index (χ4n) is 3.12. The van der Waals surface area contributed by atoms with Gasteiger partial charge in [-0.15, -0.1) is 0 Å². The Balaban J connectivity index is 1.41. The third-order valence-corrected chi connectivity index (χ3v) is 4.89. The Kier molecular flexibility index (Phi) is 8.59. The van der Waals surface area contributed by atoms with E-state index in [1.165, 1.54) is 18.6 Å². The summed E-state index contributed by atoms with van der Waals surface area (Å²) in [6.07, 6.45) is 2.19. The maximum absolute atomic E-state index is 12.6. The van der Waals surface area contributed by atoms with Gasteiger partial charge in [0.1, 0.15) is 17.2 Å². The predicted octanol–water partition coefficient (Wildman–Crippen LogP) is 6.13. The van der Waals surface area contributed by atoms with Crippen molar-refractivity contribution in [3.8, 4) is 17.2 Å². The number of benzene rings is 2. The first-order valence-corrected chi connectivity index (χ1v) is 10.7. The molecule has 0 saturated carbocycles. The highest BCUT2D eigenvalue weighted by Crippen LogP contribution is 2.31. The van der Waals surface area contributed by atoms with E-state index in [0.717, 1.165) is 43.5 Å². The molecule has 33 heavy (non-hydrogen) atoms. The van der Waals surface area contributed by atoms with Crippen molar-refractivity contribution < 1.29 is 37.0 Å². The molecule has 0 heterocycles. The Morgan fingerprint density at radius 3 is 2.27 bits per heavy atom. The number of nitrogens with one attached hydrogen (secondary N) is 1. The van der Waals surface area contributed by atoms with E-state index in [1.54, 1.807) is 31.2 Å². The molecule has 2 aromatic carbocycles. The van der Waals surface area contributed by atoms with Crippen molar-refractivity contribution in [1.82, 2.24) is 5.48 Å². The van der Waals surface area contributed by atoms with Gasteiger partial charge in [-0.25, -0.2) is 9.63 Å². The van der Waals surface area contributed by atoms with Gasteiger partial charge in [-0.1, -0.05) is 12.5 Å². The normalized spacial score (nSPS) is 15.1. The van der Waals surface area contributed by atoms with E-state index in [4.69, 9.17) is 19.0 Å². The van der Waals surface area contributed by atoms with Crippen LogP contribution in [0.5, 0.6) is 17.2 Å². The largest absolute Gasteiger partial charge is 0.479 e. The van der Waals surface area contributed by atoms with E-state index < -0.39 is 23.8 Å². The molecule has 0 aromatic heterocycles. The van der Waals surface area contributed by atoms with Gasteiger partial charge in [0.2, 0.25) is 6.79 Å². The zero-order valence-electron chi connectivity index (χ0n) is 18.2. The Morgan fingerprint density at radius 2 is 1.61 bits per heavy atom. The van der Waals surface area contributed by atoms with Crippen LogP contribution in [0.4, 0.5) is 13.2 Å². The molecular weight excluding hydrogens is 439 g/mol. The first-order valence-electron chi connectivity index (χ1n) is 10.7. The van der Waals surface area contributed by atoms with Crippen molar-refractivity contribution in [2.75, 3.05) is 6.79 Å². The molecule has 9 heteroatoms. The highest BCUT2D eigenvalue weighted by molar-refractivity contribution is 5.74. The first-order chi connectivity index (χ1) is 15.8. The number of hydrogen-bond acceptors (Lipinski definition) is 6. The number of esters is 1. The maximum atomic E-state index is 12.6. The second kappa shape index (κ2) is 11.6. The van der Waals surface area contributed by atoms with Crippen molar-refractivity contribution >= 4 is 5.97 Å². The standard InChI is InChI=1S/C24H26F3NO5/c1-17(23(29)30-16-31-28-19-6-4-2-3-5-7-19)32-20-12-14-22(15-13-20)33-21-10-8-18(9-11-21)24(25,26)27/h6,8-15,17,28H,2-5,7,16H2,1H3. The number of carbonyl (C=O) groups is 1. The molecule has 178 valence electrons. The monoisotopic (exact) mass is 465 g/mol. The number of carbonyl (C=O) groups excluding carboxylic acids is 1. The van der Waals surface area contributed by atoms with Crippen molar-refractivity contribution in [1.29, 1.82) is 0 Å². The van der Waals surface area contributed by atoms with Crippen LogP contribution >= 0.6 is 0 Å². The molecule has 0 radical (unpaired) electrons. The zero-order valence-corrected chi connectivity index (χ0v) is 18.2. The van der Waals surface area contributed by atoms with E-state index in [2.05, 4.69) is 11.6 Å². The molecule has 6 nitrogen and oxygen atoms in total. The lowest BCUT2D eigenvalue weighted by Gasteiger charge is -2.15. The second-order valence-electron chi connectivity index (χ2n) is 7.51. The van der Waals surface area contributed by atoms with Gasteiger partial charge < -0.3 is 14.2 Å². The smallest absolute Gasteiger partial charge is 0.416 e. The first kappa shape index (κ1) is 24.4. The van der Waals surface area contributed by atoms with Gasteiger partial charge in [0.05, 0.1) is 5.56 Å². The lowest BCUT2D eigenvalue weighted by atomic mass is 10.2. The average Bonchev–Trinajstić information content (AvgIpc) is 3.06. The van der Waals surface area contributed by atoms with Crippen molar-refractivity contribution in [2.45, 2.75) is 51.3 Å². The number of rotatable bonds is 9. The van der Waals surface area contributed by atoms with Crippen LogP contribution in [0.1, 0.15) is 44.6 Å². The number of allylic oxidation sites excluding steroid dienone is 2. The molecule has 0 amide bonds. The summed E-state index contributed by atoms with van der Waals surface area (Å²) in [7, 11) is 0. The Hall–Kier alpha value is -3.20. The second-order valence-corrected chi connectivity index (χ2v) is 7.51. The van der Waals surface area contributed by atoms with Gasteiger partial charge in [0, 0.05) is 5.70 Å². The molecule has 0 bridgehead atoms. The number of hydroxylamine groups is 1. The van der Waals surface area contributed by atoms with Crippen LogP contribution in [0.2, 0.25) is 0 Å². The zero-order chi connectivity index (χ0) is 23.7. The molecule has 0 spiro atoms. The van der Waals surface area contributed by atoms with Gasteiger partial charge in [-0.3, -0.25) is 5.48 Å². The van der Waals surface area contributed by atoms with Gasteiger partial charge >= 0.3 is 12.1 Å². The number of alkyl halides is 3. The molecule has 1 N–H and O–H groups in total.